The van der Waals surface area contributed by atoms with Crippen LogP contribution in [0, 0.1) is 12.8 Å². The van der Waals surface area contributed by atoms with Crippen molar-refractivity contribution in [3.8, 4) is 0 Å². The summed E-state index contributed by atoms with van der Waals surface area (Å²) in [6.45, 7) is 2.53. The Balaban J connectivity index is 0.00000162. The van der Waals surface area contributed by atoms with Crippen LogP contribution in [0.25, 0.3) is 0 Å². The highest BCUT2D eigenvalue weighted by atomic mass is 35.5. The second-order valence-corrected chi connectivity index (χ2v) is 4.80. The lowest BCUT2D eigenvalue weighted by atomic mass is 10.0. The van der Waals surface area contributed by atoms with Crippen LogP contribution in [0.3, 0.4) is 0 Å². The average Bonchev–Trinajstić information content (AvgIpc) is 2.84. The fourth-order valence-electron chi connectivity index (χ4n) is 2.57. The summed E-state index contributed by atoms with van der Waals surface area (Å²) in [5.74, 6) is 0.381. The van der Waals surface area contributed by atoms with Crippen molar-refractivity contribution in [2.45, 2.75) is 32.2 Å². The van der Waals surface area contributed by atoms with Crippen molar-refractivity contribution in [3.05, 3.63) is 17.5 Å². The van der Waals surface area contributed by atoms with Crippen LogP contribution >= 0.6 is 12.4 Å². The van der Waals surface area contributed by atoms with Gasteiger partial charge in [0.15, 0.2) is 0 Å². The number of nitrogens with two attached hydrogens (primary N) is 1. The molecule has 0 bridgehead atoms. The molecule has 0 radical (unpaired) electrons. The van der Waals surface area contributed by atoms with Crippen LogP contribution in [0.15, 0.2) is 6.07 Å². The summed E-state index contributed by atoms with van der Waals surface area (Å²) in [4.78, 5) is 12.1. The molecule has 1 fully saturated rings. The Morgan fingerprint density at radius 1 is 1.61 bits per heavy atom. The zero-order chi connectivity index (χ0) is 12.4. The number of hydrogen-bond donors (Lipinski definition) is 2. The van der Waals surface area contributed by atoms with Crippen LogP contribution < -0.4 is 11.1 Å². The maximum atomic E-state index is 12.1. The molecule has 102 valence electrons. The molecule has 0 saturated heterocycles. The maximum absolute atomic E-state index is 12.1. The molecule has 0 spiro atoms. The molecule has 1 aliphatic carbocycles. The number of hydrogen-bond acceptors (Lipinski definition) is 3. The van der Waals surface area contributed by atoms with Crippen molar-refractivity contribution in [2.75, 3.05) is 6.54 Å². The Morgan fingerprint density at radius 2 is 2.33 bits per heavy atom. The summed E-state index contributed by atoms with van der Waals surface area (Å²) in [6, 6.07) is 2.03. The first-order chi connectivity index (χ1) is 8.11. The van der Waals surface area contributed by atoms with E-state index in [2.05, 4.69) is 10.4 Å². The van der Waals surface area contributed by atoms with E-state index in [0.717, 1.165) is 25.0 Å². The Morgan fingerprint density at radius 3 is 2.89 bits per heavy atom. The van der Waals surface area contributed by atoms with Crippen molar-refractivity contribution in [1.82, 2.24) is 15.1 Å². The van der Waals surface area contributed by atoms with Gasteiger partial charge < -0.3 is 11.1 Å². The van der Waals surface area contributed by atoms with Crippen LogP contribution in [-0.4, -0.2) is 28.3 Å². The molecule has 1 aromatic heterocycles. The fraction of sp³-hybridized carbons (Fsp3) is 0.667. The van der Waals surface area contributed by atoms with Gasteiger partial charge in [0.1, 0.15) is 5.69 Å². The average molecular weight is 273 g/mol. The molecule has 3 N–H and O–H groups in total. The van der Waals surface area contributed by atoms with Crippen LogP contribution in [0.4, 0.5) is 0 Å². The highest BCUT2D eigenvalue weighted by molar-refractivity contribution is 5.92. The van der Waals surface area contributed by atoms with Gasteiger partial charge in [0, 0.05) is 13.1 Å². The summed E-state index contributed by atoms with van der Waals surface area (Å²) < 4.78 is 1.62. The minimum Gasteiger partial charge on any atom is -0.348 e. The number of amides is 1. The Bertz CT molecular complexity index is 418. The van der Waals surface area contributed by atoms with Gasteiger partial charge in [-0.15, -0.1) is 12.4 Å². The van der Waals surface area contributed by atoms with Crippen molar-refractivity contribution >= 4 is 18.3 Å². The van der Waals surface area contributed by atoms with Gasteiger partial charge in [0.25, 0.3) is 5.91 Å². The first-order valence-corrected chi connectivity index (χ1v) is 6.13. The van der Waals surface area contributed by atoms with Gasteiger partial charge in [0.2, 0.25) is 0 Å². The molecule has 1 amide bonds. The molecule has 18 heavy (non-hydrogen) atoms. The number of nitrogens with one attached hydrogen (secondary N) is 1. The molecule has 1 saturated carbocycles. The Hall–Kier alpha value is -1.07. The highest BCUT2D eigenvalue weighted by Gasteiger charge is 2.28. The fourth-order valence-corrected chi connectivity index (χ4v) is 2.57. The Labute approximate surface area is 114 Å². The second kappa shape index (κ2) is 6.20. The zero-order valence-corrected chi connectivity index (χ0v) is 11.7. The minimum absolute atomic E-state index is 0. The molecule has 1 heterocycles. The molecule has 1 aromatic rings. The zero-order valence-electron chi connectivity index (χ0n) is 10.8. The number of carbonyl (C=O) groups is 1. The molecule has 6 heteroatoms. The lowest BCUT2D eigenvalue weighted by Crippen LogP contribution is -2.40. The topological polar surface area (TPSA) is 72.9 Å². The molecule has 2 unspecified atom stereocenters. The van der Waals surface area contributed by atoms with Gasteiger partial charge in [-0.3, -0.25) is 9.48 Å². The van der Waals surface area contributed by atoms with E-state index in [0.29, 0.717) is 18.2 Å². The highest BCUT2D eigenvalue weighted by Crippen LogP contribution is 2.24. The molecule has 2 rings (SSSR count). The van der Waals surface area contributed by atoms with Crippen LogP contribution in [0.5, 0.6) is 0 Å². The monoisotopic (exact) mass is 272 g/mol. The van der Waals surface area contributed by atoms with Gasteiger partial charge >= 0.3 is 0 Å². The van der Waals surface area contributed by atoms with Gasteiger partial charge in [0.05, 0.1) is 5.69 Å². The third-order valence-electron chi connectivity index (χ3n) is 3.51. The number of aromatic nitrogens is 2. The largest absolute Gasteiger partial charge is 0.348 e. The Kier molecular flexibility index (Phi) is 5.16. The van der Waals surface area contributed by atoms with Crippen molar-refractivity contribution < 1.29 is 4.79 Å². The van der Waals surface area contributed by atoms with Crippen molar-refractivity contribution in [3.63, 3.8) is 0 Å². The number of rotatable bonds is 3. The SMILES string of the molecule is Cc1cc(C(=O)NC2CCCC2CN)n(C)n1.Cl. The van der Waals surface area contributed by atoms with Gasteiger partial charge in [-0.25, -0.2) is 0 Å². The molecular weight excluding hydrogens is 252 g/mol. The third kappa shape index (κ3) is 3.03. The van der Waals surface area contributed by atoms with E-state index in [1.807, 2.05) is 13.0 Å². The van der Waals surface area contributed by atoms with E-state index in [-0.39, 0.29) is 24.4 Å². The lowest BCUT2D eigenvalue weighted by molar-refractivity contribution is 0.0919. The van der Waals surface area contributed by atoms with E-state index in [1.54, 1.807) is 11.7 Å². The van der Waals surface area contributed by atoms with E-state index < -0.39 is 0 Å². The van der Waals surface area contributed by atoms with Gasteiger partial charge in [-0.05, 0) is 38.3 Å². The summed E-state index contributed by atoms with van der Waals surface area (Å²) in [7, 11) is 1.79. The normalized spacial score (nSPS) is 22.6. The summed E-state index contributed by atoms with van der Waals surface area (Å²) in [5, 5.41) is 7.25. The van der Waals surface area contributed by atoms with Crippen LogP contribution in [-0.2, 0) is 7.05 Å². The van der Waals surface area contributed by atoms with E-state index >= 15 is 0 Å². The van der Waals surface area contributed by atoms with E-state index in [9.17, 15) is 4.79 Å². The lowest BCUT2D eigenvalue weighted by Gasteiger charge is -2.19. The molecule has 2 atom stereocenters. The van der Waals surface area contributed by atoms with E-state index in [4.69, 9.17) is 5.73 Å². The number of carbonyl (C=O) groups excluding carboxylic acids is 1. The number of aryl methyl sites for hydroxylation is 2. The van der Waals surface area contributed by atoms with Crippen LogP contribution in [0.2, 0.25) is 0 Å². The van der Waals surface area contributed by atoms with Gasteiger partial charge in [-0.2, -0.15) is 5.10 Å². The summed E-state index contributed by atoms with van der Waals surface area (Å²) in [5.41, 5.74) is 7.18. The number of halogens is 1. The standard InChI is InChI=1S/C12H20N4O.ClH/c1-8-6-11(16(2)15-8)12(17)14-10-5-3-4-9(10)7-13;/h6,9-10H,3-5,7,13H2,1-2H3,(H,14,17);1H. The molecule has 5 nitrogen and oxygen atoms in total. The quantitative estimate of drug-likeness (QED) is 0.862. The molecular formula is C12H21ClN4O. The first-order valence-electron chi connectivity index (χ1n) is 6.13. The third-order valence-corrected chi connectivity index (χ3v) is 3.51. The first kappa shape index (κ1) is 15.0. The molecule has 1 aliphatic rings. The minimum atomic E-state index is -0.0431. The number of nitrogens with zero attached hydrogens (tertiary/aromatic N) is 2. The predicted octanol–water partition coefficient (Wildman–Crippen LogP) is 1.01. The second-order valence-electron chi connectivity index (χ2n) is 4.80. The van der Waals surface area contributed by atoms with E-state index in [1.165, 1.54) is 0 Å². The summed E-state index contributed by atoms with van der Waals surface area (Å²) >= 11 is 0. The summed E-state index contributed by atoms with van der Waals surface area (Å²) in [6.07, 6.45) is 3.30. The predicted molar refractivity (Wildman–Crippen MR) is 72.8 cm³/mol. The maximum Gasteiger partial charge on any atom is 0.269 e. The van der Waals surface area contributed by atoms with Crippen LogP contribution in [0.1, 0.15) is 35.4 Å². The van der Waals surface area contributed by atoms with Gasteiger partial charge in [-0.1, -0.05) is 6.42 Å². The molecule has 0 aliphatic heterocycles. The molecule has 0 aromatic carbocycles. The van der Waals surface area contributed by atoms with Crippen molar-refractivity contribution in [1.29, 1.82) is 0 Å². The smallest absolute Gasteiger partial charge is 0.269 e. The van der Waals surface area contributed by atoms with Crippen molar-refractivity contribution in [2.24, 2.45) is 18.7 Å².